The molecular weight excluding hydrogens is 274 g/mol. The van der Waals surface area contributed by atoms with Crippen LogP contribution in [-0.2, 0) is 4.79 Å². The number of nitrogens with one attached hydrogen (secondary N) is 1. The van der Waals surface area contributed by atoms with Crippen LogP contribution < -0.4 is 10.1 Å². The van der Waals surface area contributed by atoms with E-state index < -0.39 is 4.92 Å². The number of ether oxygens (including phenoxy) is 1. The van der Waals surface area contributed by atoms with E-state index in [0.29, 0.717) is 25.2 Å². The number of nitrogens with zero attached hydrogens (tertiary/aromatic N) is 2. The van der Waals surface area contributed by atoms with Crippen molar-refractivity contribution in [2.24, 2.45) is 0 Å². The van der Waals surface area contributed by atoms with Gasteiger partial charge in [-0.25, -0.2) is 0 Å². The molecule has 1 fully saturated rings. The number of rotatable bonds is 6. The van der Waals surface area contributed by atoms with Crippen LogP contribution in [0.15, 0.2) is 24.3 Å². The van der Waals surface area contributed by atoms with Crippen molar-refractivity contribution in [3.05, 3.63) is 34.4 Å². The Balaban J connectivity index is 1.67. The zero-order valence-electron chi connectivity index (χ0n) is 11.8. The van der Waals surface area contributed by atoms with Gasteiger partial charge in [0.05, 0.1) is 11.5 Å². The molecule has 114 valence electrons. The molecule has 0 aromatic heterocycles. The van der Waals surface area contributed by atoms with Crippen LogP contribution in [0.1, 0.15) is 12.8 Å². The minimum atomic E-state index is -0.448. The molecule has 1 aromatic carbocycles. The summed E-state index contributed by atoms with van der Waals surface area (Å²) in [5, 5.41) is 13.7. The molecule has 1 aliphatic rings. The number of benzene rings is 1. The van der Waals surface area contributed by atoms with E-state index >= 15 is 0 Å². The standard InChI is InChI=1S/C14H19N3O4/c18-14(16-9-7-15-8-10-16)2-1-11-21-13-5-3-12(4-6-13)17(19)20/h3-6,15H,1-2,7-11H2. The maximum atomic E-state index is 11.9. The maximum Gasteiger partial charge on any atom is 0.269 e. The van der Waals surface area contributed by atoms with Gasteiger partial charge in [-0.1, -0.05) is 0 Å². The first-order valence-corrected chi connectivity index (χ1v) is 7.02. The second kappa shape index (κ2) is 7.58. The highest BCUT2D eigenvalue weighted by molar-refractivity contribution is 5.76. The van der Waals surface area contributed by atoms with E-state index in [1.165, 1.54) is 12.1 Å². The molecule has 1 amide bonds. The zero-order chi connectivity index (χ0) is 15.1. The highest BCUT2D eigenvalue weighted by atomic mass is 16.6. The van der Waals surface area contributed by atoms with Crippen LogP contribution in [-0.4, -0.2) is 48.5 Å². The number of nitro groups is 1. The molecule has 0 atom stereocenters. The third-order valence-electron chi connectivity index (χ3n) is 3.32. The summed E-state index contributed by atoms with van der Waals surface area (Å²) in [4.78, 5) is 23.8. The van der Waals surface area contributed by atoms with E-state index in [4.69, 9.17) is 4.74 Å². The van der Waals surface area contributed by atoms with Crippen LogP contribution in [0.4, 0.5) is 5.69 Å². The second-order valence-corrected chi connectivity index (χ2v) is 4.83. The van der Waals surface area contributed by atoms with Crippen molar-refractivity contribution in [3.8, 4) is 5.75 Å². The number of amides is 1. The first-order valence-electron chi connectivity index (χ1n) is 7.02. The summed E-state index contributed by atoms with van der Waals surface area (Å²) in [5.74, 6) is 0.735. The normalized spacial score (nSPS) is 14.8. The molecule has 1 aromatic rings. The van der Waals surface area contributed by atoms with E-state index in [-0.39, 0.29) is 11.6 Å². The van der Waals surface area contributed by atoms with Gasteiger partial charge in [0.15, 0.2) is 0 Å². The Morgan fingerprint density at radius 1 is 1.29 bits per heavy atom. The third kappa shape index (κ3) is 4.71. The molecule has 0 radical (unpaired) electrons. The minimum Gasteiger partial charge on any atom is -0.494 e. The van der Waals surface area contributed by atoms with Gasteiger partial charge in [-0.15, -0.1) is 0 Å². The van der Waals surface area contributed by atoms with Crippen LogP contribution in [0.5, 0.6) is 5.75 Å². The molecule has 0 aliphatic carbocycles. The number of hydrogen-bond acceptors (Lipinski definition) is 5. The molecule has 7 nitrogen and oxygen atoms in total. The smallest absolute Gasteiger partial charge is 0.269 e. The Morgan fingerprint density at radius 2 is 1.95 bits per heavy atom. The lowest BCUT2D eigenvalue weighted by Gasteiger charge is -2.27. The zero-order valence-corrected chi connectivity index (χ0v) is 11.8. The fourth-order valence-corrected chi connectivity index (χ4v) is 2.15. The van der Waals surface area contributed by atoms with Gasteiger partial charge in [-0.05, 0) is 18.6 Å². The Labute approximate surface area is 123 Å². The topological polar surface area (TPSA) is 84.7 Å². The number of carbonyl (C=O) groups is 1. The van der Waals surface area contributed by atoms with E-state index in [0.717, 1.165) is 26.2 Å². The number of non-ortho nitro benzene ring substituents is 1. The summed E-state index contributed by atoms with van der Waals surface area (Å²) >= 11 is 0. The number of hydrogen-bond donors (Lipinski definition) is 1. The summed E-state index contributed by atoms with van der Waals surface area (Å²) in [6, 6.07) is 5.94. The van der Waals surface area contributed by atoms with Crippen molar-refractivity contribution >= 4 is 11.6 Å². The molecule has 1 heterocycles. The first kappa shape index (κ1) is 15.2. The van der Waals surface area contributed by atoms with Crippen LogP contribution in [0.3, 0.4) is 0 Å². The van der Waals surface area contributed by atoms with Gasteiger partial charge in [0.1, 0.15) is 5.75 Å². The van der Waals surface area contributed by atoms with Gasteiger partial charge in [0.2, 0.25) is 5.91 Å². The molecule has 7 heteroatoms. The fourth-order valence-electron chi connectivity index (χ4n) is 2.15. The van der Waals surface area contributed by atoms with E-state index in [1.54, 1.807) is 12.1 Å². The molecule has 0 unspecified atom stereocenters. The van der Waals surface area contributed by atoms with Crippen LogP contribution in [0.25, 0.3) is 0 Å². The lowest BCUT2D eigenvalue weighted by molar-refractivity contribution is -0.384. The Morgan fingerprint density at radius 3 is 2.57 bits per heavy atom. The van der Waals surface area contributed by atoms with E-state index in [1.807, 2.05) is 4.90 Å². The van der Waals surface area contributed by atoms with Gasteiger partial charge in [-0.2, -0.15) is 0 Å². The quantitative estimate of drug-likeness (QED) is 0.484. The summed E-state index contributed by atoms with van der Waals surface area (Å²) in [6.45, 7) is 3.66. The molecular formula is C14H19N3O4. The van der Waals surface area contributed by atoms with Crippen LogP contribution in [0.2, 0.25) is 0 Å². The molecule has 0 saturated carbocycles. The first-order chi connectivity index (χ1) is 10.2. The molecule has 21 heavy (non-hydrogen) atoms. The Hall–Kier alpha value is -2.15. The Kier molecular flexibility index (Phi) is 5.51. The highest BCUT2D eigenvalue weighted by Gasteiger charge is 2.15. The van der Waals surface area contributed by atoms with E-state index in [2.05, 4.69) is 5.32 Å². The monoisotopic (exact) mass is 293 g/mol. The number of nitro benzene ring substituents is 1. The SMILES string of the molecule is O=C(CCCOc1ccc([N+](=O)[O-])cc1)N1CCNCC1. The lowest BCUT2D eigenvalue weighted by atomic mass is 10.2. The number of piperazine rings is 1. The maximum absolute atomic E-state index is 11.9. The fraction of sp³-hybridized carbons (Fsp3) is 0.500. The van der Waals surface area contributed by atoms with Gasteiger partial charge in [0, 0.05) is 44.7 Å². The third-order valence-corrected chi connectivity index (χ3v) is 3.32. The van der Waals surface area contributed by atoms with Crippen molar-refractivity contribution in [1.82, 2.24) is 10.2 Å². The average molecular weight is 293 g/mol. The van der Waals surface area contributed by atoms with Gasteiger partial charge < -0.3 is 15.0 Å². The van der Waals surface area contributed by atoms with Crippen LogP contribution >= 0.6 is 0 Å². The van der Waals surface area contributed by atoms with Crippen molar-refractivity contribution in [2.75, 3.05) is 32.8 Å². The van der Waals surface area contributed by atoms with Crippen molar-refractivity contribution in [3.63, 3.8) is 0 Å². The molecule has 0 bridgehead atoms. The predicted molar refractivity (Wildman–Crippen MR) is 77.3 cm³/mol. The van der Waals surface area contributed by atoms with Crippen molar-refractivity contribution in [1.29, 1.82) is 0 Å². The average Bonchev–Trinajstić information content (AvgIpc) is 2.52. The largest absolute Gasteiger partial charge is 0.494 e. The highest BCUT2D eigenvalue weighted by Crippen LogP contribution is 2.17. The second-order valence-electron chi connectivity index (χ2n) is 4.83. The molecule has 2 rings (SSSR count). The van der Waals surface area contributed by atoms with Gasteiger partial charge in [0.25, 0.3) is 5.69 Å². The van der Waals surface area contributed by atoms with Crippen molar-refractivity contribution in [2.45, 2.75) is 12.8 Å². The number of carbonyl (C=O) groups excluding carboxylic acids is 1. The summed E-state index contributed by atoms with van der Waals surface area (Å²) in [7, 11) is 0. The minimum absolute atomic E-state index is 0.0382. The van der Waals surface area contributed by atoms with Gasteiger partial charge in [-0.3, -0.25) is 14.9 Å². The van der Waals surface area contributed by atoms with Crippen LogP contribution in [0, 0.1) is 10.1 Å². The molecule has 1 saturated heterocycles. The lowest BCUT2D eigenvalue weighted by Crippen LogP contribution is -2.46. The summed E-state index contributed by atoms with van der Waals surface area (Å²) < 4.78 is 5.47. The predicted octanol–water partition coefficient (Wildman–Crippen LogP) is 1.19. The van der Waals surface area contributed by atoms with Crippen molar-refractivity contribution < 1.29 is 14.5 Å². The molecule has 0 spiro atoms. The summed E-state index contributed by atoms with van der Waals surface area (Å²) in [6.07, 6.45) is 1.10. The summed E-state index contributed by atoms with van der Waals surface area (Å²) in [5.41, 5.74) is 0.0382. The molecule has 1 N–H and O–H groups in total. The van der Waals surface area contributed by atoms with Gasteiger partial charge >= 0.3 is 0 Å². The molecule has 1 aliphatic heterocycles. The van der Waals surface area contributed by atoms with E-state index in [9.17, 15) is 14.9 Å². The Bertz CT molecular complexity index is 483.